The van der Waals surface area contributed by atoms with Gasteiger partial charge in [0.05, 0.1) is 18.4 Å². The minimum atomic E-state index is 0.801. The van der Waals surface area contributed by atoms with Gasteiger partial charge in [0, 0.05) is 13.6 Å². The van der Waals surface area contributed by atoms with Gasteiger partial charge in [-0.15, -0.1) is 0 Å². The highest BCUT2D eigenvalue weighted by atomic mass is 16.5. The molecule has 1 aromatic rings. The molecule has 0 radical (unpaired) electrons. The predicted molar refractivity (Wildman–Crippen MR) is 57.5 cm³/mol. The molecular formula is C10H17N3O. The van der Waals surface area contributed by atoms with Crippen LogP contribution in [0.1, 0.15) is 11.3 Å². The highest BCUT2D eigenvalue weighted by molar-refractivity contribution is 5.57. The van der Waals surface area contributed by atoms with Crippen molar-refractivity contribution in [3.05, 3.63) is 17.3 Å². The van der Waals surface area contributed by atoms with Crippen LogP contribution in [0.4, 0.5) is 0 Å². The SMILES string of the molecule is CNC/C=C/c1c(C)nn(C)c1OC. The molecule has 1 N–H and O–H groups in total. The van der Waals surface area contributed by atoms with Crippen LogP contribution < -0.4 is 10.1 Å². The minimum Gasteiger partial charge on any atom is -0.481 e. The second kappa shape index (κ2) is 4.81. The summed E-state index contributed by atoms with van der Waals surface area (Å²) >= 11 is 0. The molecule has 0 amide bonds. The van der Waals surface area contributed by atoms with Crippen LogP contribution in [0.5, 0.6) is 5.88 Å². The van der Waals surface area contributed by atoms with Crippen LogP contribution in [0.25, 0.3) is 6.08 Å². The molecule has 0 atom stereocenters. The summed E-state index contributed by atoms with van der Waals surface area (Å²) < 4.78 is 7.00. The average Bonchev–Trinajstić information content (AvgIpc) is 2.42. The summed E-state index contributed by atoms with van der Waals surface area (Å²) in [6.45, 7) is 2.82. The Hall–Kier alpha value is -1.29. The largest absolute Gasteiger partial charge is 0.481 e. The predicted octanol–water partition coefficient (Wildman–Crippen LogP) is 0.970. The maximum atomic E-state index is 5.26. The highest BCUT2D eigenvalue weighted by Gasteiger charge is 2.09. The molecule has 0 fully saturated rings. The number of rotatable bonds is 4. The molecule has 0 aliphatic rings. The standard InChI is InChI=1S/C10H17N3O/c1-8-9(6-5-7-11-2)10(14-4)13(3)12-8/h5-6,11H,7H2,1-4H3/b6-5+. The number of aromatic nitrogens is 2. The number of methoxy groups -OCH3 is 1. The molecule has 0 bridgehead atoms. The Labute approximate surface area is 84.6 Å². The molecule has 0 aromatic carbocycles. The van der Waals surface area contributed by atoms with E-state index in [-0.39, 0.29) is 0 Å². The van der Waals surface area contributed by atoms with Crippen molar-refractivity contribution >= 4 is 6.08 Å². The lowest BCUT2D eigenvalue weighted by molar-refractivity contribution is 0.372. The first-order valence-corrected chi connectivity index (χ1v) is 4.59. The molecule has 1 heterocycles. The second-order valence-corrected chi connectivity index (χ2v) is 3.09. The summed E-state index contributed by atoms with van der Waals surface area (Å²) in [6.07, 6.45) is 4.07. The lowest BCUT2D eigenvalue weighted by Gasteiger charge is -2.00. The van der Waals surface area contributed by atoms with Gasteiger partial charge in [-0.3, -0.25) is 0 Å². The van der Waals surface area contributed by atoms with E-state index in [1.165, 1.54) is 0 Å². The highest BCUT2D eigenvalue weighted by Crippen LogP contribution is 2.21. The Morgan fingerprint density at radius 3 is 2.86 bits per heavy atom. The summed E-state index contributed by atoms with van der Waals surface area (Å²) in [5, 5.41) is 7.33. The van der Waals surface area contributed by atoms with Crippen LogP contribution >= 0.6 is 0 Å². The fourth-order valence-corrected chi connectivity index (χ4v) is 1.38. The van der Waals surface area contributed by atoms with Gasteiger partial charge in [-0.1, -0.05) is 12.2 Å². The third kappa shape index (κ3) is 2.14. The summed E-state index contributed by atoms with van der Waals surface area (Å²) in [7, 11) is 5.45. The van der Waals surface area contributed by atoms with Crippen LogP contribution in [0.15, 0.2) is 6.08 Å². The van der Waals surface area contributed by atoms with E-state index in [1.807, 2.05) is 33.2 Å². The van der Waals surface area contributed by atoms with E-state index in [9.17, 15) is 0 Å². The van der Waals surface area contributed by atoms with Gasteiger partial charge in [0.15, 0.2) is 0 Å². The summed E-state index contributed by atoms with van der Waals surface area (Å²) in [5.74, 6) is 0.801. The van der Waals surface area contributed by atoms with Crippen molar-refractivity contribution in [3.63, 3.8) is 0 Å². The molecule has 0 saturated carbocycles. The van der Waals surface area contributed by atoms with Crippen molar-refractivity contribution < 1.29 is 4.74 Å². The van der Waals surface area contributed by atoms with Crippen LogP contribution in [-0.2, 0) is 7.05 Å². The third-order valence-electron chi connectivity index (χ3n) is 2.01. The summed E-state index contributed by atoms with van der Waals surface area (Å²) in [5.41, 5.74) is 2.03. The maximum Gasteiger partial charge on any atom is 0.218 e. The van der Waals surface area contributed by atoms with E-state index in [2.05, 4.69) is 10.4 Å². The van der Waals surface area contributed by atoms with Gasteiger partial charge in [0.25, 0.3) is 0 Å². The lowest BCUT2D eigenvalue weighted by Crippen LogP contribution is -2.03. The number of nitrogens with one attached hydrogen (secondary N) is 1. The van der Waals surface area contributed by atoms with Gasteiger partial charge in [-0.05, 0) is 14.0 Å². The van der Waals surface area contributed by atoms with E-state index in [0.29, 0.717) is 0 Å². The first kappa shape index (κ1) is 10.8. The molecule has 0 aliphatic carbocycles. The molecule has 4 heteroatoms. The van der Waals surface area contributed by atoms with Gasteiger partial charge in [0.2, 0.25) is 5.88 Å². The summed E-state index contributed by atoms with van der Waals surface area (Å²) in [4.78, 5) is 0. The van der Waals surface area contributed by atoms with Crippen LogP contribution in [0.2, 0.25) is 0 Å². The molecule has 0 aliphatic heterocycles. The van der Waals surface area contributed by atoms with E-state index < -0.39 is 0 Å². The molecule has 1 rings (SSSR count). The van der Waals surface area contributed by atoms with Gasteiger partial charge < -0.3 is 10.1 Å². The van der Waals surface area contributed by atoms with Crippen LogP contribution in [0, 0.1) is 6.92 Å². The summed E-state index contributed by atoms with van der Waals surface area (Å²) in [6, 6.07) is 0. The molecule has 4 nitrogen and oxygen atoms in total. The number of hydrogen-bond donors (Lipinski definition) is 1. The number of hydrogen-bond acceptors (Lipinski definition) is 3. The monoisotopic (exact) mass is 195 g/mol. The second-order valence-electron chi connectivity index (χ2n) is 3.09. The van der Waals surface area contributed by atoms with E-state index in [4.69, 9.17) is 4.74 Å². The Bertz CT molecular complexity index is 328. The van der Waals surface area contributed by atoms with Gasteiger partial charge in [0.1, 0.15) is 0 Å². The smallest absolute Gasteiger partial charge is 0.218 e. The van der Waals surface area contributed by atoms with Crippen molar-refractivity contribution in [2.75, 3.05) is 20.7 Å². The number of aryl methyl sites for hydroxylation is 2. The first-order valence-electron chi connectivity index (χ1n) is 4.59. The van der Waals surface area contributed by atoms with E-state index in [0.717, 1.165) is 23.7 Å². The zero-order chi connectivity index (χ0) is 10.6. The zero-order valence-electron chi connectivity index (χ0n) is 9.16. The van der Waals surface area contributed by atoms with Crippen LogP contribution in [-0.4, -0.2) is 30.5 Å². The van der Waals surface area contributed by atoms with Gasteiger partial charge in [-0.25, -0.2) is 4.68 Å². The van der Waals surface area contributed by atoms with Crippen LogP contribution in [0.3, 0.4) is 0 Å². The molecule has 1 aromatic heterocycles. The molecule has 78 valence electrons. The lowest BCUT2D eigenvalue weighted by atomic mass is 10.2. The van der Waals surface area contributed by atoms with Crippen molar-refractivity contribution in [1.82, 2.24) is 15.1 Å². The number of nitrogens with zero attached hydrogens (tertiary/aromatic N) is 2. The van der Waals surface area contributed by atoms with Gasteiger partial charge >= 0.3 is 0 Å². The fourth-order valence-electron chi connectivity index (χ4n) is 1.38. The first-order chi connectivity index (χ1) is 6.70. The Morgan fingerprint density at radius 2 is 2.29 bits per heavy atom. The molecule has 0 unspecified atom stereocenters. The minimum absolute atomic E-state index is 0.801. The molecule has 0 spiro atoms. The molecular weight excluding hydrogens is 178 g/mol. The third-order valence-corrected chi connectivity index (χ3v) is 2.01. The zero-order valence-corrected chi connectivity index (χ0v) is 9.16. The van der Waals surface area contributed by atoms with Crippen molar-refractivity contribution in [2.24, 2.45) is 7.05 Å². The number of ether oxygens (including phenoxy) is 1. The Morgan fingerprint density at radius 1 is 1.57 bits per heavy atom. The fraction of sp³-hybridized carbons (Fsp3) is 0.500. The maximum absolute atomic E-state index is 5.26. The van der Waals surface area contributed by atoms with E-state index in [1.54, 1.807) is 11.8 Å². The average molecular weight is 195 g/mol. The topological polar surface area (TPSA) is 39.1 Å². The Balaban J connectivity index is 2.94. The Kier molecular flexibility index (Phi) is 3.71. The van der Waals surface area contributed by atoms with E-state index >= 15 is 0 Å². The quantitative estimate of drug-likeness (QED) is 0.778. The van der Waals surface area contributed by atoms with Gasteiger partial charge in [-0.2, -0.15) is 5.10 Å². The van der Waals surface area contributed by atoms with Crippen molar-refractivity contribution in [1.29, 1.82) is 0 Å². The molecule has 0 saturated heterocycles. The van der Waals surface area contributed by atoms with Crippen molar-refractivity contribution in [2.45, 2.75) is 6.92 Å². The molecule has 14 heavy (non-hydrogen) atoms. The normalized spacial score (nSPS) is 11.1. The number of likely N-dealkylation sites (N-methyl/N-ethyl adjacent to an activating group) is 1. The van der Waals surface area contributed by atoms with Crippen molar-refractivity contribution in [3.8, 4) is 5.88 Å².